The number of halogens is 1. The van der Waals surface area contributed by atoms with Crippen LogP contribution >= 0.6 is 23.4 Å². The highest BCUT2D eigenvalue weighted by Gasteiger charge is 2.11. The van der Waals surface area contributed by atoms with Crippen molar-refractivity contribution < 1.29 is 0 Å². The summed E-state index contributed by atoms with van der Waals surface area (Å²) in [5.74, 6) is 0.260. The Morgan fingerprint density at radius 2 is 2.13 bits per heavy atom. The van der Waals surface area contributed by atoms with Gasteiger partial charge < -0.3 is 5.73 Å². The van der Waals surface area contributed by atoms with Crippen molar-refractivity contribution in [3.8, 4) is 0 Å². The molecule has 0 bridgehead atoms. The van der Waals surface area contributed by atoms with Crippen LogP contribution in [0.25, 0.3) is 0 Å². The van der Waals surface area contributed by atoms with Gasteiger partial charge in [-0.2, -0.15) is 5.10 Å². The molecule has 2 N–H and O–H groups in total. The molecule has 15 heavy (non-hydrogen) atoms. The van der Waals surface area contributed by atoms with E-state index in [9.17, 15) is 0 Å². The molecule has 6 nitrogen and oxygen atoms in total. The molecule has 2 aromatic rings. The van der Waals surface area contributed by atoms with Crippen LogP contribution in [0.15, 0.2) is 22.8 Å². The molecule has 0 saturated heterocycles. The monoisotopic (exact) mass is 242 g/mol. The third-order valence-electron chi connectivity index (χ3n) is 1.64. The molecule has 2 heterocycles. The molecule has 0 aromatic carbocycles. The van der Waals surface area contributed by atoms with E-state index in [0.29, 0.717) is 15.2 Å². The third kappa shape index (κ3) is 2.02. The van der Waals surface area contributed by atoms with Crippen LogP contribution in [0.2, 0.25) is 5.02 Å². The number of nitrogen functional groups attached to an aromatic ring is 1. The van der Waals surface area contributed by atoms with Crippen LogP contribution < -0.4 is 5.73 Å². The Morgan fingerprint density at radius 1 is 1.33 bits per heavy atom. The van der Waals surface area contributed by atoms with Gasteiger partial charge in [-0.25, -0.2) is 19.6 Å². The zero-order chi connectivity index (χ0) is 10.8. The second kappa shape index (κ2) is 4.03. The molecule has 0 aliphatic heterocycles. The van der Waals surface area contributed by atoms with E-state index in [4.69, 9.17) is 17.3 Å². The molecular formula is C7H7ClN6S. The van der Waals surface area contributed by atoms with Crippen molar-refractivity contribution >= 4 is 29.2 Å². The fourth-order valence-corrected chi connectivity index (χ4v) is 1.86. The Balaban J connectivity index is 2.33. The average Bonchev–Trinajstić information content (AvgIpc) is 2.60. The van der Waals surface area contributed by atoms with Gasteiger partial charge in [0.2, 0.25) is 0 Å². The summed E-state index contributed by atoms with van der Waals surface area (Å²) >= 11 is 7.22. The maximum Gasteiger partial charge on any atom is 0.192 e. The molecule has 0 fully saturated rings. The summed E-state index contributed by atoms with van der Waals surface area (Å²) in [6.45, 7) is 0. The van der Waals surface area contributed by atoms with Crippen molar-refractivity contribution in [1.82, 2.24) is 24.7 Å². The van der Waals surface area contributed by atoms with Gasteiger partial charge in [0.1, 0.15) is 28.5 Å². The van der Waals surface area contributed by atoms with Gasteiger partial charge in [-0.1, -0.05) is 11.6 Å². The molecule has 8 heteroatoms. The first-order valence-electron chi connectivity index (χ1n) is 3.96. The molecule has 0 radical (unpaired) electrons. The van der Waals surface area contributed by atoms with Gasteiger partial charge in [0.05, 0.1) is 0 Å². The van der Waals surface area contributed by atoms with E-state index in [1.165, 1.54) is 24.4 Å². The molecule has 0 atom stereocenters. The van der Waals surface area contributed by atoms with Gasteiger partial charge >= 0.3 is 0 Å². The molecule has 0 unspecified atom stereocenters. The van der Waals surface area contributed by atoms with Gasteiger partial charge in [-0.3, -0.25) is 0 Å². The number of nitrogens with two attached hydrogens (primary N) is 1. The molecule has 2 aromatic heterocycles. The number of anilines is 1. The van der Waals surface area contributed by atoms with E-state index >= 15 is 0 Å². The normalized spacial score (nSPS) is 10.5. The molecule has 0 spiro atoms. The van der Waals surface area contributed by atoms with Crippen molar-refractivity contribution in [2.45, 2.75) is 10.2 Å². The van der Waals surface area contributed by atoms with Crippen molar-refractivity contribution in [1.29, 1.82) is 0 Å². The van der Waals surface area contributed by atoms with E-state index in [0.717, 1.165) is 0 Å². The summed E-state index contributed by atoms with van der Waals surface area (Å²) < 4.78 is 1.62. The Bertz CT molecular complexity index is 484. The topological polar surface area (TPSA) is 82.5 Å². The standard InChI is InChI=1S/C7H7ClN6S/c1-14-7(12-3-13-14)15-6-4(8)5(9)10-2-11-6/h2-3H,1H3,(H2,9,10,11). The van der Waals surface area contributed by atoms with Crippen LogP contribution in [0.5, 0.6) is 0 Å². The highest BCUT2D eigenvalue weighted by molar-refractivity contribution is 7.99. The quantitative estimate of drug-likeness (QED) is 0.791. The average molecular weight is 243 g/mol. The lowest BCUT2D eigenvalue weighted by atomic mass is 10.6. The summed E-state index contributed by atoms with van der Waals surface area (Å²) in [4.78, 5) is 11.8. The van der Waals surface area contributed by atoms with Crippen LogP contribution in [-0.2, 0) is 7.05 Å². The third-order valence-corrected chi connectivity index (χ3v) is 3.18. The zero-order valence-electron chi connectivity index (χ0n) is 7.75. The van der Waals surface area contributed by atoms with Crippen molar-refractivity contribution in [2.24, 2.45) is 7.05 Å². The highest BCUT2D eigenvalue weighted by atomic mass is 35.5. The Kier molecular flexibility index (Phi) is 2.74. The first-order valence-corrected chi connectivity index (χ1v) is 5.15. The van der Waals surface area contributed by atoms with Gasteiger partial charge in [-0.15, -0.1) is 0 Å². The lowest BCUT2D eigenvalue weighted by Crippen LogP contribution is -1.97. The van der Waals surface area contributed by atoms with Gasteiger partial charge in [0, 0.05) is 7.05 Å². The smallest absolute Gasteiger partial charge is 0.192 e. The minimum Gasteiger partial charge on any atom is -0.382 e. The molecule has 78 valence electrons. The van der Waals surface area contributed by atoms with Crippen LogP contribution in [0, 0.1) is 0 Å². The van der Waals surface area contributed by atoms with Crippen molar-refractivity contribution in [2.75, 3.05) is 5.73 Å². The maximum atomic E-state index is 5.93. The second-order valence-corrected chi connectivity index (χ2v) is 3.98. The van der Waals surface area contributed by atoms with Crippen LogP contribution in [0.3, 0.4) is 0 Å². The lowest BCUT2D eigenvalue weighted by molar-refractivity contribution is 0.684. The number of aryl methyl sites for hydroxylation is 1. The van der Waals surface area contributed by atoms with E-state index in [-0.39, 0.29) is 5.82 Å². The van der Waals surface area contributed by atoms with E-state index in [1.54, 1.807) is 11.7 Å². The largest absolute Gasteiger partial charge is 0.382 e. The summed E-state index contributed by atoms with van der Waals surface area (Å²) in [7, 11) is 1.79. The van der Waals surface area contributed by atoms with Gasteiger partial charge in [-0.05, 0) is 11.8 Å². The number of aromatic nitrogens is 5. The molecule has 2 rings (SSSR count). The van der Waals surface area contributed by atoms with Gasteiger partial charge in [0.25, 0.3) is 0 Å². The summed E-state index contributed by atoms with van der Waals surface area (Å²) in [5, 5.41) is 5.53. The Morgan fingerprint density at radius 3 is 2.80 bits per heavy atom. The molecular weight excluding hydrogens is 236 g/mol. The molecule has 0 aliphatic rings. The van der Waals surface area contributed by atoms with E-state index in [1.807, 2.05) is 0 Å². The first-order chi connectivity index (χ1) is 7.18. The fraction of sp³-hybridized carbons (Fsp3) is 0.143. The van der Waals surface area contributed by atoms with Crippen molar-refractivity contribution in [3.63, 3.8) is 0 Å². The number of hydrogen-bond donors (Lipinski definition) is 1. The Labute approximate surface area is 94.9 Å². The zero-order valence-corrected chi connectivity index (χ0v) is 9.33. The minimum atomic E-state index is 0.260. The van der Waals surface area contributed by atoms with Crippen LogP contribution in [0.1, 0.15) is 0 Å². The maximum absolute atomic E-state index is 5.93. The number of nitrogens with zero attached hydrogens (tertiary/aromatic N) is 5. The molecule has 0 aliphatic carbocycles. The molecule has 0 saturated carbocycles. The summed E-state index contributed by atoms with van der Waals surface area (Å²) in [6.07, 6.45) is 2.82. The lowest BCUT2D eigenvalue weighted by Gasteiger charge is -2.02. The predicted molar refractivity (Wildman–Crippen MR) is 56.6 cm³/mol. The number of hydrogen-bond acceptors (Lipinski definition) is 6. The second-order valence-electron chi connectivity index (χ2n) is 2.65. The van der Waals surface area contributed by atoms with Crippen LogP contribution in [-0.4, -0.2) is 24.7 Å². The summed E-state index contributed by atoms with van der Waals surface area (Å²) in [6, 6.07) is 0. The molecule has 0 amide bonds. The fourth-order valence-electron chi connectivity index (χ4n) is 0.902. The van der Waals surface area contributed by atoms with Gasteiger partial charge in [0.15, 0.2) is 5.16 Å². The number of rotatable bonds is 2. The minimum absolute atomic E-state index is 0.260. The Hall–Kier alpha value is -1.34. The first kappa shape index (κ1) is 10.2. The highest BCUT2D eigenvalue weighted by Crippen LogP contribution is 2.31. The van der Waals surface area contributed by atoms with Crippen molar-refractivity contribution in [3.05, 3.63) is 17.7 Å². The SMILES string of the molecule is Cn1ncnc1Sc1ncnc(N)c1Cl. The van der Waals surface area contributed by atoms with E-state index in [2.05, 4.69) is 20.1 Å². The van der Waals surface area contributed by atoms with E-state index < -0.39 is 0 Å². The summed E-state index contributed by atoms with van der Waals surface area (Å²) in [5.41, 5.74) is 5.55. The predicted octanol–water partition coefficient (Wildman–Crippen LogP) is 0.992. The van der Waals surface area contributed by atoms with Crippen LogP contribution in [0.4, 0.5) is 5.82 Å².